The van der Waals surface area contributed by atoms with Crippen LogP contribution >= 0.6 is 15.9 Å². The average molecular weight is 645 g/mol. The highest BCUT2D eigenvalue weighted by Crippen LogP contribution is 2.35. The van der Waals surface area contributed by atoms with Crippen molar-refractivity contribution in [2.45, 2.75) is 0 Å². The summed E-state index contributed by atoms with van der Waals surface area (Å²) in [5.74, 6) is 1.71. The highest BCUT2D eigenvalue weighted by Gasteiger charge is 2.16. The van der Waals surface area contributed by atoms with Crippen LogP contribution in [0, 0.1) is 0 Å². The minimum Gasteiger partial charge on any atom is -0.456 e. The van der Waals surface area contributed by atoms with E-state index in [-0.39, 0.29) is 0 Å². The molecule has 0 aliphatic rings. The van der Waals surface area contributed by atoms with Crippen LogP contribution in [-0.2, 0) is 0 Å². The number of hydrogen-bond donors (Lipinski definition) is 0. The Hall–Kier alpha value is -5.59. The van der Waals surface area contributed by atoms with E-state index in [0.717, 1.165) is 76.2 Å². The summed E-state index contributed by atoms with van der Waals surface area (Å²) in [4.78, 5) is 15.0. The molecule has 0 aliphatic carbocycles. The van der Waals surface area contributed by atoms with Crippen molar-refractivity contribution in [3.05, 3.63) is 138 Å². The molecule has 0 amide bonds. The van der Waals surface area contributed by atoms with E-state index in [1.54, 1.807) is 0 Å². The number of fused-ring (bicyclic) bond motifs is 6. The molecule has 5 nitrogen and oxygen atoms in total. The molecule has 0 radical (unpaired) electrons. The Labute approximate surface area is 266 Å². The van der Waals surface area contributed by atoms with Crippen LogP contribution in [0.15, 0.2) is 147 Å². The molecule has 9 aromatic rings. The predicted molar refractivity (Wildman–Crippen MR) is 184 cm³/mol. The van der Waals surface area contributed by atoms with Crippen LogP contribution in [0.2, 0.25) is 0 Å². The van der Waals surface area contributed by atoms with Gasteiger partial charge in [-0.3, -0.25) is 0 Å². The first-order chi connectivity index (χ1) is 22.2. The molecule has 0 atom stereocenters. The number of furan rings is 2. The maximum atomic E-state index is 6.21. The Morgan fingerprint density at radius 2 is 0.800 bits per heavy atom. The second-order valence-electron chi connectivity index (χ2n) is 11.0. The lowest BCUT2D eigenvalue weighted by Crippen LogP contribution is -2.00. The minimum atomic E-state index is 0.565. The average Bonchev–Trinajstić information content (AvgIpc) is 3.65. The van der Waals surface area contributed by atoms with Crippen molar-refractivity contribution < 1.29 is 8.83 Å². The maximum Gasteiger partial charge on any atom is 0.164 e. The summed E-state index contributed by atoms with van der Waals surface area (Å²) < 4.78 is 13.4. The molecule has 0 fully saturated rings. The van der Waals surface area contributed by atoms with E-state index in [4.69, 9.17) is 23.8 Å². The van der Waals surface area contributed by atoms with Crippen LogP contribution in [-0.4, -0.2) is 15.0 Å². The molecule has 0 saturated heterocycles. The monoisotopic (exact) mass is 643 g/mol. The van der Waals surface area contributed by atoms with Crippen molar-refractivity contribution in [3.8, 4) is 45.3 Å². The van der Waals surface area contributed by atoms with Crippen molar-refractivity contribution in [2.75, 3.05) is 0 Å². The van der Waals surface area contributed by atoms with Crippen LogP contribution in [0.5, 0.6) is 0 Å². The summed E-state index contributed by atoms with van der Waals surface area (Å²) in [6, 6.07) is 45.0. The van der Waals surface area contributed by atoms with Crippen molar-refractivity contribution in [1.29, 1.82) is 0 Å². The van der Waals surface area contributed by atoms with Gasteiger partial charge in [0.1, 0.15) is 22.3 Å². The SMILES string of the molecule is Brc1cccc(-c2cccc(-c3nc(-c4ccc5c(c4)oc4ccccc45)nc(-c4ccc5c(c4)oc4ccccc45)n3)c2)c1. The fourth-order valence-electron chi connectivity index (χ4n) is 6.00. The fourth-order valence-corrected chi connectivity index (χ4v) is 6.40. The largest absolute Gasteiger partial charge is 0.456 e. The molecule has 0 unspecified atom stereocenters. The Kier molecular flexibility index (Phi) is 5.89. The van der Waals surface area contributed by atoms with Gasteiger partial charge < -0.3 is 8.83 Å². The molecule has 0 bridgehead atoms. The Bertz CT molecular complexity index is 2450. The van der Waals surface area contributed by atoms with Gasteiger partial charge in [-0.2, -0.15) is 0 Å². The summed E-state index contributed by atoms with van der Waals surface area (Å²) in [5.41, 5.74) is 8.05. The molecule has 9 rings (SSSR count). The summed E-state index contributed by atoms with van der Waals surface area (Å²) in [6.07, 6.45) is 0. The van der Waals surface area contributed by atoms with Crippen molar-refractivity contribution in [2.24, 2.45) is 0 Å². The summed E-state index contributed by atoms with van der Waals surface area (Å²) >= 11 is 3.60. The summed E-state index contributed by atoms with van der Waals surface area (Å²) in [7, 11) is 0. The first-order valence-corrected chi connectivity index (χ1v) is 15.4. The number of halogens is 1. The first kappa shape index (κ1) is 25.9. The molecular formula is C39H22BrN3O2. The molecule has 6 heteroatoms. The number of para-hydroxylation sites is 2. The van der Waals surface area contributed by atoms with E-state index < -0.39 is 0 Å². The van der Waals surface area contributed by atoms with Gasteiger partial charge in [-0.25, -0.2) is 15.0 Å². The third-order valence-corrected chi connectivity index (χ3v) is 8.68. The zero-order valence-corrected chi connectivity index (χ0v) is 25.3. The molecule has 212 valence electrons. The van der Waals surface area contributed by atoms with Gasteiger partial charge in [-0.1, -0.05) is 94.8 Å². The number of hydrogen-bond acceptors (Lipinski definition) is 5. The van der Waals surface area contributed by atoms with Crippen molar-refractivity contribution >= 4 is 59.8 Å². The predicted octanol–water partition coefficient (Wildman–Crippen LogP) is 11.1. The molecule has 0 aliphatic heterocycles. The standard InChI is InChI=1S/C39H22BrN3O2/c40-28-10-6-8-24(20-28)23-7-5-9-25(19-23)37-41-38(26-15-17-31-29-11-1-3-13-33(29)44-35(31)21-26)43-39(42-37)27-16-18-32-30-12-2-4-14-34(30)45-36(32)22-27/h1-22H. The smallest absolute Gasteiger partial charge is 0.164 e. The lowest BCUT2D eigenvalue weighted by atomic mass is 10.0. The molecule has 3 aromatic heterocycles. The van der Waals surface area contributed by atoms with Gasteiger partial charge in [0.25, 0.3) is 0 Å². The van der Waals surface area contributed by atoms with E-state index in [9.17, 15) is 0 Å². The van der Waals surface area contributed by atoms with Gasteiger partial charge in [-0.05, 0) is 65.7 Å². The molecule has 45 heavy (non-hydrogen) atoms. The van der Waals surface area contributed by atoms with Crippen LogP contribution in [0.4, 0.5) is 0 Å². The molecular weight excluding hydrogens is 622 g/mol. The van der Waals surface area contributed by atoms with Crippen LogP contribution < -0.4 is 0 Å². The molecule has 3 heterocycles. The topological polar surface area (TPSA) is 65.0 Å². The Morgan fingerprint density at radius 3 is 1.36 bits per heavy atom. The lowest BCUT2D eigenvalue weighted by molar-refractivity contribution is 0.668. The van der Waals surface area contributed by atoms with E-state index in [1.165, 1.54) is 0 Å². The van der Waals surface area contributed by atoms with E-state index in [2.05, 4.69) is 64.5 Å². The molecule has 0 spiro atoms. The Balaban J connectivity index is 1.23. The zero-order valence-electron chi connectivity index (χ0n) is 23.7. The van der Waals surface area contributed by atoms with Crippen molar-refractivity contribution in [3.63, 3.8) is 0 Å². The van der Waals surface area contributed by atoms with Gasteiger partial charge in [0, 0.05) is 42.7 Å². The minimum absolute atomic E-state index is 0.565. The van der Waals surface area contributed by atoms with Gasteiger partial charge in [0.2, 0.25) is 0 Å². The normalized spacial score (nSPS) is 11.7. The third-order valence-electron chi connectivity index (χ3n) is 8.19. The highest BCUT2D eigenvalue weighted by atomic mass is 79.9. The van der Waals surface area contributed by atoms with Crippen LogP contribution in [0.1, 0.15) is 0 Å². The number of rotatable bonds is 4. The quantitative estimate of drug-likeness (QED) is 0.191. The molecule has 6 aromatic carbocycles. The second-order valence-corrected chi connectivity index (χ2v) is 11.9. The van der Waals surface area contributed by atoms with Gasteiger partial charge >= 0.3 is 0 Å². The number of nitrogens with zero attached hydrogens (tertiary/aromatic N) is 3. The number of aromatic nitrogens is 3. The van der Waals surface area contributed by atoms with E-state index in [0.29, 0.717) is 17.5 Å². The van der Waals surface area contributed by atoms with Gasteiger partial charge in [-0.15, -0.1) is 0 Å². The van der Waals surface area contributed by atoms with E-state index >= 15 is 0 Å². The van der Waals surface area contributed by atoms with Crippen LogP contribution in [0.3, 0.4) is 0 Å². The van der Waals surface area contributed by atoms with Crippen LogP contribution in [0.25, 0.3) is 89.2 Å². The lowest BCUT2D eigenvalue weighted by Gasteiger charge is -2.10. The molecule has 0 saturated carbocycles. The zero-order chi connectivity index (χ0) is 29.9. The Morgan fingerprint density at radius 1 is 0.356 bits per heavy atom. The number of benzene rings is 6. The second kappa shape index (κ2) is 10.3. The fraction of sp³-hybridized carbons (Fsp3) is 0. The van der Waals surface area contributed by atoms with Gasteiger partial charge in [0.15, 0.2) is 17.5 Å². The summed E-state index contributed by atoms with van der Waals surface area (Å²) in [6.45, 7) is 0. The highest BCUT2D eigenvalue weighted by molar-refractivity contribution is 9.10. The first-order valence-electron chi connectivity index (χ1n) is 14.6. The van der Waals surface area contributed by atoms with E-state index in [1.807, 2.05) is 84.9 Å². The van der Waals surface area contributed by atoms with Crippen molar-refractivity contribution in [1.82, 2.24) is 15.0 Å². The summed E-state index contributed by atoms with van der Waals surface area (Å²) in [5, 5.41) is 4.28. The van der Waals surface area contributed by atoms with Gasteiger partial charge in [0.05, 0.1) is 0 Å². The third kappa shape index (κ3) is 4.50. The molecule has 0 N–H and O–H groups in total. The maximum absolute atomic E-state index is 6.21.